The van der Waals surface area contributed by atoms with Crippen molar-refractivity contribution in [2.75, 3.05) is 0 Å². The number of aromatic nitrogens is 1. The van der Waals surface area contributed by atoms with Gasteiger partial charge in [0.25, 0.3) is 11.8 Å². The van der Waals surface area contributed by atoms with E-state index >= 15 is 0 Å². The number of carbonyl (C=O) groups is 2. The van der Waals surface area contributed by atoms with Gasteiger partial charge in [-0.2, -0.15) is 0 Å². The summed E-state index contributed by atoms with van der Waals surface area (Å²) in [5.41, 5.74) is 11.0. The first-order valence-electron chi connectivity index (χ1n) is 10.6. The number of nitrogens with zero attached hydrogens (tertiary/aromatic N) is 1. The van der Waals surface area contributed by atoms with Gasteiger partial charge in [0.15, 0.2) is 0 Å². The Morgan fingerprint density at radius 3 is 2.03 bits per heavy atom. The highest BCUT2D eigenvalue weighted by molar-refractivity contribution is 5.99. The zero-order valence-corrected chi connectivity index (χ0v) is 17.1. The number of hydrogen-bond acceptors (Lipinski definition) is 2. The van der Waals surface area contributed by atoms with Crippen molar-refractivity contribution in [3.8, 4) is 5.69 Å². The molecule has 0 spiro atoms. The maximum atomic E-state index is 12.5. The van der Waals surface area contributed by atoms with Crippen LogP contribution in [-0.4, -0.2) is 16.4 Å². The summed E-state index contributed by atoms with van der Waals surface area (Å²) < 4.78 is 2.32. The number of hydrazine groups is 1. The molecule has 0 radical (unpaired) electrons. The van der Waals surface area contributed by atoms with Crippen molar-refractivity contribution in [3.63, 3.8) is 0 Å². The Kier molecular flexibility index (Phi) is 5.00. The molecule has 0 aliphatic heterocycles. The largest absolute Gasteiger partial charge is 0.313 e. The number of para-hydroxylation sites is 1. The van der Waals surface area contributed by atoms with Crippen LogP contribution in [0.15, 0.2) is 78.9 Å². The summed E-state index contributed by atoms with van der Waals surface area (Å²) in [6.07, 6.45) is 4.61. The van der Waals surface area contributed by atoms with E-state index in [1.165, 1.54) is 35.0 Å². The summed E-state index contributed by atoms with van der Waals surface area (Å²) >= 11 is 0. The molecule has 1 heterocycles. The van der Waals surface area contributed by atoms with E-state index in [1.807, 2.05) is 18.2 Å². The van der Waals surface area contributed by atoms with E-state index in [0.29, 0.717) is 11.1 Å². The number of amides is 2. The molecule has 5 nitrogen and oxygen atoms in total. The predicted octanol–water partition coefficient (Wildman–Crippen LogP) is 4.58. The maximum absolute atomic E-state index is 12.5. The monoisotopic (exact) mass is 409 g/mol. The van der Waals surface area contributed by atoms with E-state index < -0.39 is 0 Å². The highest BCUT2D eigenvalue weighted by Gasteiger charge is 2.20. The van der Waals surface area contributed by atoms with Gasteiger partial charge >= 0.3 is 0 Å². The quantitative estimate of drug-likeness (QED) is 0.487. The zero-order valence-electron chi connectivity index (χ0n) is 17.1. The fourth-order valence-corrected chi connectivity index (χ4v) is 4.40. The van der Waals surface area contributed by atoms with E-state index in [-0.39, 0.29) is 11.8 Å². The van der Waals surface area contributed by atoms with Gasteiger partial charge in [-0.05, 0) is 73.7 Å². The van der Waals surface area contributed by atoms with Crippen molar-refractivity contribution in [1.29, 1.82) is 0 Å². The van der Waals surface area contributed by atoms with Gasteiger partial charge in [0.05, 0.1) is 5.52 Å². The summed E-state index contributed by atoms with van der Waals surface area (Å²) in [4.78, 5) is 24.6. The highest BCUT2D eigenvalue weighted by atomic mass is 16.2. The van der Waals surface area contributed by atoms with Crippen LogP contribution >= 0.6 is 0 Å². The molecular formula is C26H23N3O2. The van der Waals surface area contributed by atoms with Crippen LogP contribution in [0.2, 0.25) is 0 Å². The molecule has 1 aromatic heterocycles. The van der Waals surface area contributed by atoms with Crippen molar-refractivity contribution >= 4 is 22.7 Å². The zero-order chi connectivity index (χ0) is 21.2. The van der Waals surface area contributed by atoms with Crippen LogP contribution in [0.4, 0.5) is 0 Å². The summed E-state index contributed by atoms with van der Waals surface area (Å²) in [6, 6.07) is 24.8. The summed E-state index contributed by atoms with van der Waals surface area (Å²) in [5, 5.41) is 1.32. The minimum atomic E-state index is -0.352. The van der Waals surface area contributed by atoms with Crippen LogP contribution in [0.3, 0.4) is 0 Å². The summed E-state index contributed by atoms with van der Waals surface area (Å²) in [6.45, 7) is 0. The number of hydrogen-bond donors (Lipinski definition) is 2. The lowest BCUT2D eigenvalue weighted by molar-refractivity contribution is 0.0846. The van der Waals surface area contributed by atoms with E-state index in [4.69, 9.17) is 0 Å². The molecule has 0 saturated carbocycles. The Labute approximate surface area is 180 Å². The number of carbonyl (C=O) groups excluding carboxylic acids is 2. The Hall–Kier alpha value is -3.86. The number of aryl methyl sites for hydroxylation is 1. The van der Waals surface area contributed by atoms with Gasteiger partial charge in [0.1, 0.15) is 0 Å². The van der Waals surface area contributed by atoms with Gasteiger partial charge in [0.2, 0.25) is 0 Å². The topological polar surface area (TPSA) is 63.1 Å². The van der Waals surface area contributed by atoms with E-state index in [2.05, 4.69) is 39.7 Å². The third-order valence-corrected chi connectivity index (χ3v) is 5.89. The Balaban J connectivity index is 1.37. The van der Waals surface area contributed by atoms with Crippen LogP contribution in [0.25, 0.3) is 16.6 Å². The molecule has 5 heteroatoms. The first-order chi connectivity index (χ1) is 15.2. The second kappa shape index (κ2) is 8.11. The molecule has 1 aliphatic rings. The third-order valence-electron chi connectivity index (χ3n) is 5.89. The smallest absolute Gasteiger partial charge is 0.269 e. The third kappa shape index (κ3) is 3.59. The molecule has 0 fully saturated rings. The van der Waals surface area contributed by atoms with E-state index in [9.17, 15) is 9.59 Å². The van der Waals surface area contributed by atoms with Crippen molar-refractivity contribution in [2.45, 2.75) is 25.7 Å². The molecule has 154 valence electrons. The fourth-order valence-electron chi connectivity index (χ4n) is 4.40. The molecule has 3 aromatic carbocycles. The molecule has 0 atom stereocenters. The molecule has 0 bridgehead atoms. The molecular weight excluding hydrogens is 386 g/mol. The van der Waals surface area contributed by atoms with Crippen LogP contribution in [-0.2, 0) is 12.8 Å². The Morgan fingerprint density at radius 1 is 0.677 bits per heavy atom. The van der Waals surface area contributed by atoms with Gasteiger partial charge in [0, 0.05) is 27.9 Å². The first kappa shape index (κ1) is 19.1. The van der Waals surface area contributed by atoms with Gasteiger partial charge in [-0.1, -0.05) is 36.4 Å². The Morgan fingerprint density at radius 2 is 1.29 bits per heavy atom. The van der Waals surface area contributed by atoms with E-state index in [1.54, 1.807) is 36.4 Å². The summed E-state index contributed by atoms with van der Waals surface area (Å²) in [7, 11) is 0. The molecule has 2 amide bonds. The number of fused-ring (bicyclic) bond motifs is 3. The lowest BCUT2D eigenvalue weighted by Crippen LogP contribution is -2.41. The van der Waals surface area contributed by atoms with Crippen molar-refractivity contribution in [1.82, 2.24) is 15.4 Å². The molecule has 31 heavy (non-hydrogen) atoms. The predicted molar refractivity (Wildman–Crippen MR) is 121 cm³/mol. The van der Waals surface area contributed by atoms with Gasteiger partial charge < -0.3 is 4.57 Å². The first-order valence-corrected chi connectivity index (χ1v) is 10.6. The average molecular weight is 409 g/mol. The lowest BCUT2D eigenvalue weighted by Gasteiger charge is -2.16. The summed E-state index contributed by atoms with van der Waals surface area (Å²) in [5.74, 6) is -0.703. The van der Waals surface area contributed by atoms with Crippen LogP contribution in [0, 0.1) is 0 Å². The molecule has 2 N–H and O–H groups in total. The molecule has 5 rings (SSSR count). The van der Waals surface area contributed by atoms with Crippen LogP contribution in [0.5, 0.6) is 0 Å². The van der Waals surface area contributed by atoms with Gasteiger partial charge in [-0.15, -0.1) is 0 Å². The number of rotatable bonds is 3. The normalized spacial score (nSPS) is 12.9. The minimum absolute atomic E-state index is 0.351. The Bertz CT molecular complexity index is 1260. The van der Waals surface area contributed by atoms with Crippen molar-refractivity contribution in [2.24, 2.45) is 0 Å². The maximum Gasteiger partial charge on any atom is 0.269 e. The molecule has 0 saturated heterocycles. The van der Waals surface area contributed by atoms with Crippen LogP contribution in [0.1, 0.15) is 44.8 Å². The average Bonchev–Trinajstić information content (AvgIpc) is 3.17. The standard InChI is InChI=1S/C26H23N3O2/c30-25(18-8-2-1-3-9-18)27-28-26(31)19-14-16-20(17-15-19)29-23-12-6-4-10-21(23)22-11-5-7-13-24(22)29/h1-4,6,8-10,12,14-17H,5,7,11,13H2,(H,27,30)(H,28,31). The second-order valence-corrected chi connectivity index (χ2v) is 7.81. The lowest BCUT2D eigenvalue weighted by atomic mass is 9.95. The van der Waals surface area contributed by atoms with E-state index in [0.717, 1.165) is 18.5 Å². The van der Waals surface area contributed by atoms with Gasteiger partial charge in [-0.3, -0.25) is 20.4 Å². The molecule has 1 aliphatic carbocycles. The fraction of sp³-hybridized carbons (Fsp3) is 0.154. The molecule has 4 aromatic rings. The molecule has 0 unspecified atom stereocenters. The van der Waals surface area contributed by atoms with Crippen molar-refractivity contribution in [3.05, 3.63) is 101 Å². The van der Waals surface area contributed by atoms with Gasteiger partial charge in [-0.25, -0.2) is 0 Å². The SMILES string of the molecule is O=C(NNC(=O)c1ccc(-n2c3c(c4ccccc42)CCCC3)cc1)c1ccccc1. The second-order valence-electron chi connectivity index (χ2n) is 7.81. The minimum Gasteiger partial charge on any atom is -0.313 e. The number of benzene rings is 3. The number of nitrogens with one attached hydrogen (secondary N) is 2. The highest BCUT2D eigenvalue weighted by Crippen LogP contribution is 2.34. The van der Waals surface area contributed by atoms with Crippen LogP contribution < -0.4 is 10.9 Å². The van der Waals surface area contributed by atoms with Crippen molar-refractivity contribution < 1.29 is 9.59 Å².